The average Bonchev–Trinajstić information content (AvgIpc) is 2.37. The molecule has 0 aliphatic carbocycles. The monoisotopic (exact) mass is 272 g/mol. The van der Waals surface area contributed by atoms with Gasteiger partial charge in [-0.05, 0) is 31.6 Å². The second-order valence-electron chi connectivity index (χ2n) is 5.77. The van der Waals surface area contributed by atoms with Crippen molar-refractivity contribution in [3.63, 3.8) is 0 Å². The minimum Gasteiger partial charge on any atom is -0.367 e. The van der Waals surface area contributed by atoms with E-state index in [-0.39, 0.29) is 5.78 Å². The minimum atomic E-state index is 0.281. The lowest BCUT2D eigenvalue weighted by atomic mass is 9.94. The summed E-state index contributed by atoms with van der Waals surface area (Å²) < 4.78 is 0. The molecule has 1 N–H and O–H groups in total. The van der Waals surface area contributed by atoms with E-state index in [2.05, 4.69) is 35.3 Å². The third-order valence-electron chi connectivity index (χ3n) is 3.60. The number of carbonyl (C=O) groups excluding carboxylic acids is 1. The fourth-order valence-corrected chi connectivity index (χ4v) is 3.00. The molecule has 0 fully saturated rings. The van der Waals surface area contributed by atoms with Crippen molar-refractivity contribution >= 4 is 17.3 Å². The number of hydrazine groups is 1. The smallest absolute Gasteiger partial charge is 0.156 e. The lowest BCUT2D eigenvalue weighted by Crippen LogP contribution is -2.48. The molecular weight excluding hydrogens is 252 g/mol. The summed E-state index contributed by atoms with van der Waals surface area (Å²) >= 11 is 0. The number of likely N-dealkylation sites (N-methyl/N-ethyl adjacent to an activating group) is 1. The quantitative estimate of drug-likeness (QED) is 0.882. The van der Waals surface area contributed by atoms with Crippen LogP contribution in [0.4, 0.5) is 5.82 Å². The summed E-state index contributed by atoms with van der Waals surface area (Å²) in [6, 6.07) is 4.36. The van der Waals surface area contributed by atoms with Crippen LogP contribution in [0.25, 0.3) is 5.70 Å². The largest absolute Gasteiger partial charge is 0.367 e. The molecule has 0 saturated heterocycles. The zero-order valence-corrected chi connectivity index (χ0v) is 12.2. The predicted molar refractivity (Wildman–Crippen MR) is 79.0 cm³/mol. The Bertz CT molecular complexity index is 579. The number of ketones is 1. The molecule has 3 heterocycles. The summed E-state index contributed by atoms with van der Waals surface area (Å²) in [5.74, 6) is 1.23. The molecule has 0 saturated carbocycles. The third-order valence-corrected chi connectivity index (χ3v) is 3.60. The van der Waals surface area contributed by atoms with Crippen LogP contribution < -0.4 is 10.4 Å². The van der Waals surface area contributed by atoms with Gasteiger partial charge in [0.05, 0.1) is 13.1 Å². The first-order valence-electron chi connectivity index (χ1n) is 7.00. The molecule has 0 amide bonds. The standard InChI is InChI=1S/C15H20N4O/c1-10(2)17-19-8-11-7-12(20)9-18(3)14(11)13-5-4-6-16-15(13)19/h4-6,10,17H,7-9H2,1-3H3. The Hall–Kier alpha value is -1.88. The van der Waals surface area contributed by atoms with Gasteiger partial charge in [-0.15, -0.1) is 0 Å². The second-order valence-corrected chi connectivity index (χ2v) is 5.77. The fourth-order valence-electron chi connectivity index (χ4n) is 3.00. The van der Waals surface area contributed by atoms with Crippen LogP contribution in [0.3, 0.4) is 0 Å². The van der Waals surface area contributed by atoms with Gasteiger partial charge in [0.1, 0.15) is 0 Å². The molecule has 5 nitrogen and oxygen atoms in total. The molecule has 0 spiro atoms. The SMILES string of the molecule is CC(C)NN1CC2=C(c3cccnc31)N(C)CC(=O)C2. The average molecular weight is 272 g/mol. The van der Waals surface area contributed by atoms with Gasteiger partial charge in [0.2, 0.25) is 0 Å². The number of hydrogen-bond donors (Lipinski definition) is 1. The number of fused-ring (bicyclic) bond motifs is 2. The Morgan fingerprint density at radius 2 is 2.15 bits per heavy atom. The lowest BCUT2D eigenvalue weighted by molar-refractivity contribution is -0.119. The number of carbonyl (C=O) groups is 1. The molecule has 2 aliphatic heterocycles. The summed E-state index contributed by atoms with van der Waals surface area (Å²) in [7, 11) is 1.98. The van der Waals surface area contributed by atoms with Crippen LogP contribution in [-0.2, 0) is 4.79 Å². The molecule has 1 aromatic heterocycles. The molecule has 3 rings (SSSR count). The van der Waals surface area contributed by atoms with Crippen molar-refractivity contribution in [3.05, 3.63) is 29.5 Å². The van der Waals surface area contributed by atoms with Crippen LogP contribution in [0.2, 0.25) is 0 Å². The maximum absolute atomic E-state index is 11.8. The van der Waals surface area contributed by atoms with E-state index in [9.17, 15) is 4.79 Å². The summed E-state index contributed by atoms with van der Waals surface area (Å²) in [6.07, 6.45) is 2.36. The third kappa shape index (κ3) is 2.18. The zero-order valence-electron chi connectivity index (χ0n) is 12.2. The van der Waals surface area contributed by atoms with Crippen molar-refractivity contribution in [2.24, 2.45) is 0 Å². The van der Waals surface area contributed by atoms with Crippen molar-refractivity contribution in [3.8, 4) is 0 Å². The number of nitrogens with one attached hydrogen (secondary N) is 1. The van der Waals surface area contributed by atoms with Gasteiger partial charge >= 0.3 is 0 Å². The van der Waals surface area contributed by atoms with Crippen LogP contribution in [0, 0.1) is 0 Å². The van der Waals surface area contributed by atoms with E-state index in [1.807, 2.05) is 24.2 Å². The molecule has 2 aliphatic rings. The van der Waals surface area contributed by atoms with Gasteiger partial charge in [0.15, 0.2) is 11.6 Å². The van der Waals surface area contributed by atoms with Crippen molar-refractivity contribution in [2.45, 2.75) is 26.3 Å². The van der Waals surface area contributed by atoms with Crippen molar-refractivity contribution in [2.75, 3.05) is 25.1 Å². The topological polar surface area (TPSA) is 48.5 Å². The Labute approximate surface area is 119 Å². The zero-order chi connectivity index (χ0) is 14.3. The highest BCUT2D eigenvalue weighted by Gasteiger charge is 2.32. The number of pyridine rings is 1. The summed E-state index contributed by atoms with van der Waals surface area (Å²) in [5.41, 5.74) is 6.87. The van der Waals surface area contributed by atoms with Crippen molar-refractivity contribution < 1.29 is 4.79 Å². The van der Waals surface area contributed by atoms with Crippen LogP contribution in [0.5, 0.6) is 0 Å². The van der Waals surface area contributed by atoms with Crippen LogP contribution in [0.1, 0.15) is 25.8 Å². The first-order valence-corrected chi connectivity index (χ1v) is 7.00. The number of nitrogens with zero attached hydrogens (tertiary/aromatic N) is 3. The Morgan fingerprint density at radius 3 is 2.90 bits per heavy atom. The highest BCUT2D eigenvalue weighted by molar-refractivity contribution is 5.92. The number of hydrogen-bond acceptors (Lipinski definition) is 5. The fraction of sp³-hybridized carbons (Fsp3) is 0.467. The van der Waals surface area contributed by atoms with E-state index in [4.69, 9.17) is 0 Å². The van der Waals surface area contributed by atoms with Gasteiger partial charge in [-0.3, -0.25) is 9.80 Å². The second kappa shape index (κ2) is 4.90. The summed E-state index contributed by atoms with van der Waals surface area (Å²) in [5, 5.41) is 2.06. The maximum atomic E-state index is 11.8. The van der Waals surface area contributed by atoms with Gasteiger partial charge < -0.3 is 4.90 Å². The molecule has 0 aromatic carbocycles. The van der Waals surface area contributed by atoms with Gasteiger partial charge in [-0.25, -0.2) is 10.4 Å². The highest BCUT2D eigenvalue weighted by Crippen LogP contribution is 2.37. The lowest BCUT2D eigenvalue weighted by Gasteiger charge is -2.39. The van der Waals surface area contributed by atoms with Crippen molar-refractivity contribution in [1.82, 2.24) is 15.3 Å². The molecule has 1 aromatic rings. The predicted octanol–water partition coefficient (Wildman–Crippen LogP) is 1.43. The Kier molecular flexibility index (Phi) is 3.22. The van der Waals surface area contributed by atoms with E-state index in [0.717, 1.165) is 11.4 Å². The maximum Gasteiger partial charge on any atom is 0.156 e. The van der Waals surface area contributed by atoms with E-state index < -0.39 is 0 Å². The van der Waals surface area contributed by atoms with E-state index in [1.165, 1.54) is 11.3 Å². The molecule has 106 valence electrons. The van der Waals surface area contributed by atoms with E-state index in [0.29, 0.717) is 25.6 Å². The van der Waals surface area contributed by atoms with Gasteiger partial charge in [0, 0.05) is 37.0 Å². The number of rotatable bonds is 2. The number of aromatic nitrogens is 1. The van der Waals surface area contributed by atoms with Crippen LogP contribution in [0.15, 0.2) is 23.9 Å². The van der Waals surface area contributed by atoms with Gasteiger partial charge in [-0.2, -0.15) is 0 Å². The van der Waals surface area contributed by atoms with E-state index in [1.54, 1.807) is 0 Å². The molecule has 0 unspecified atom stereocenters. The Balaban J connectivity index is 2.07. The first kappa shape index (κ1) is 13.1. The normalized spacial score (nSPS) is 18.5. The highest BCUT2D eigenvalue weighted by atomic mass is 16.1. The van der Waals surface area contributed by atoms with Crippen molar-refractivity contribution in [1.29, 1.82) is 0 Å². The minimum absolute atomic E-state index is 0.281. The van der Waals surface area contributed by atoms with E-state index >= 15 is 0 Å². The Morgan fingerprint density at radius 1 is 1.35 bits per heavy atom. The van der Waals surface area contributed by atoms with Gasteiger partial charge in [-0.1, -0.05) is 0 Å². The van der Waals surface area contributed by atoms with Crippen LogP contribution in [-0.4, -0.2) is 41.8 Å². The summed E-state index contributed by atoms with van der Waals surface area (Å²) in [4.78, 5) is 18.4. The summed E-state index contributed by atoms with van der Waals surface area (Å²) in [6.45, 7) is 5.41. The molecule has 0 bridgehead atoms. The number of Topliss-reactive ketones (excluding diaryl/α,β-unsaturated/α-hetero) is 1. The number of anilines is 1. The molecule has 20 heavy (non-hydrogen) atoms. The molecule has 0 radical (unpaired) electrons. The molecule has 0 atom stereocenters. The van der Waals surface area contributed by atoms with Gasteiger partial charge in [0.25, 0.3) is 0 Å². The van der Waals surface area contributed by atoms with Crippen LogP contribution >= 0.6 is 0 Å². The molecule has 5 heteroatoms. The molecular formula is C15H20N4O. The first-order chi connectivity index (χ1) is 9.56.